The SMILES string of the molecule is Cc1cnccc1CNCc1cn[nH]c1-c1cccnc1. The number of aromatic nitrogens is 4. The Hall–Kier alpha value is -2.53. The first kappa shape index (κ1) is 13.5. The molecule has 0 saturated heterocycles. The Bertz CT molecular complexity index is 705. The van der Waals surface area contributed by atoms with Gasteiger partial charge in [0.25, 0.3) is 0 Å². The number of aromatic amines is 1. The minimum absolute atomic E-state index is 0.752. The molecule has 5 heteroatoms. The Morgan fingerprint density at radius 3 is 2.67 bits per heavy atom. The van der Waals surface area contributed by atoms with Gasteiger partial charge in [-0.2, -0.15) is 5.10 Å². The third-order valence-corrected chi connectivity index (χ3v) is 3.44. The molecule has 3 aromatic heterocycles. The number of hydrogen-bond acceptors (Lipinski definition) is 4. The van der Waals surface area contributed by atoms with Crippen LogP contribution in [0.2, 0.25) is 0 Å². The fourth-order valence-corrected chi connectivity index (χ4v) is 2.24. The maximum absolute atomic E-state index is 4.15. The zero-order valence-corrected chi connectivity index (χ0v) is 11.9. The molecule has 0 atom stereocenters. The van der Waals surface area contributed by atoms with E-state index >= 15 is 0 Å². The van der Waals surface area contributed by atoms with E-state index in [-0.39, 0.29) is 0 Å². The highest BCUT2D eigenvalue weighted by molar-refractivity contribution is 5.61. The Morgan fingerprint density at radius 2 is 1.86 bits per heavy atom. The highest BCUT2D eigenvalue weighted by Crippen LogP contribution is 2.19. The summed E-state index contributed by atoms with van der Waals surface area (Å²) in [6.07, 6.45) is 9.17. The Morgan fingerprint density at radius 1 is 1.00 bits per heavy atom. The van der Waals surface area contributed by atoms with Crippen molar-refractivity contribution in [3.8, 4) is 11.3 Å². The summed E-state index contributed by atoms with van der Waals surface area (Å²) in [5, 5.41) is 10.6. The van der Waals surface area contributed by atoms with Crippen LogP contribution < -0.4 is 5.32 Å². The molecule has 5 nitrogen and oxygen atoms in total. The standard InChI is InChI=1S/C16H17N5/c1-12-7-18-6-4-13(12)8-19-10-15-11-20-21-16(15)14-3-2-5-17-9-14/h2-7,9,11,19H,8,10H2,1H3,(H,20,21). The maximum atomic E-state index is 4.15. The van der Waals surface area contributed by atoms with Gasteiger partial charge in [-0.1, -0.05) is 0 Å². The summed E-state index contributed by atoms with van der Waals surface area (Å²) in [4.78, 5) is 8.25. The molecule has 106 valence electrons. The summed E-state index contributed by atoms with van der Waals surface area (Å²) in [6.45, 7) is 3.64. The fraction of sp³-hybridized carbons (Fsp3) is 0.188. The summed E-state index contributed by atoms with van der Waals surface area (Å²) >= 11 is 0. The Balaban J connectivity index is 1.67. The molecular formula is C16H17N5. The van der Waals surface area contributed by atoms with Crippen LogP contribution in [-0.2, 0) is 13.1 Å². The highest BCUT2D eigenvalue weighted by atomic mass is 15.1. The molecule has 0 saturated carbocycles. The molecule has 0 aromatic carbocycles. The molecule has 0 fully saturated rings. The van der Waals surface area contributed by atoms with Gasteiger partial charge in [0.05, 0.1) is 11.9 Å². The third-order valence-electron chi connectivity index (χ3n) is 3.44. The van der Waals surface area contributed by atoms with E-state index in [1.165, 1.54) is 11.1 Å². The molecule has 2 N–H and O–H groups in total. The van der Waals surface area contributed by atoms with Crippen molar-refractivity contribution in [2.45, 2.75) is 20.0 Å². The molecule has 3 aromatic rings. The molecule has 0 aliphatic carbocycles. The molecular weight excluding hydrogens is 262 g/mol. The van der Waals surface area contributed by atoms with Gasteiger partial charge in [-0.3, -0.25) is 15.1 Å². The first-order chi connectivity index (χ1) is 10.3. The first-order valence-corrected chi connectivity index (χ1v) is 6.87. The smallest absolute Gasteiger partial charge is 0.0710 e. The number of pyridine rings is 2. The predicted molar refractivity (Wildman–Crippen MR) is 81.3 cm³/mol. The van der Waals surface area contributed by atoms with Gasteiger partial charge >= 0.3 is 0 Å². The van der Waals surface area contributed by atoms with E-state index in [0.29, 0.717) is 0 Å². The normalized spacial score (nSPS) is 10.7. The second kappa shape index (κ2) is 6.28. The lowest BCUT2D eigenvalue weighted by molar-refractivity contribution is 0.691. The highest BCUT2D eigenvalue weighted by Gasteiger charge is 2.07. The summed E-state index contributed by atoms with van der Waals surface area (Å²) < 4.78 is 0. The van der Waals surface area contributed by atoms with Crippen LogP contribution in [0.1, 0.15) is 16.7 Å². The van der Waals surface area contributed by atoms with Gasteiger partial charge in [0.2, 0.25) is 0 Å². The van der Waals surface area contributed by atoms with E-state index in [1.807, 2.05) is 43.0 Å². The van der Waals surface area contributed by atoms with E-state index in [9.17, 15) is 0 Å². The molecule has 21 heavy (non-hydrogen) atoms. The largest absolute Gasteiger partial charge is 0.308 e. The van der Waals surface area contributed by atoms with E-state index in [1.54, 1.807) is 6.20 Å². The number of nitrogens with one attached hydrogen (secondary N) is 2. The number of aryl methyl sites for hydroxylation is 1. The monoisotopic (exact) mass is 279 g/mol. The van der Waals surface area contributed by atoms with Crippen molar-refractivity contribution >= 4 is 0 Å². The molecule has 0 amide bonds. The molecule has 0 unspecified atom stereocenters. The van der Waals surface area contributed by atoms with Gasteiger partial charge in [-0.05, 0) is 36.2 Å². The van der Waals surface area contributed by atoms with Gasteiger partial charge < -0.3 is 5.32 Å². The van der Waals surface area contributed by atoms with Crippen molar-refractivity contribution in [2.24, 2.45) is 0 Å². The van der Waals surface area contributed by atoms with E-state index in [0.717, 1.165) is 29.9 Å². The lowest BCUT2D eigenvalue weighted by Gasteiger charge is -2.07. The van der Waals surface area contributed by atoms with Gasteiger partial charge in [-0.25, -0.2) is 0 Å². The Labute approximate surface area is 123 Å². The van der Waals surface area contributed by atoms with E-state index in [4.69, 9.17) is 0 Å². The lowest BCUT2D eigenvalue weighted by atomic mass is 10.1. The van der Waals surface area contributed by atoms with E-state index in [2.05, 4.69) is 32.4 Å². The zero-order valence-electron chi connectivity index (χ0n) is 11.9. The molecule has 0 radical (unpaired) electrons. The Kier molecular flexibility index (Phi) is 4.02. The van der Waals surface area contributed by atoms with Crippen molar-refractivity contribution in [1.82, 2.24) is 25.5 Å². The molecule has 3 rings (SSSR count). The molecule has 3 heterocycles. The minimum Gasteiger partial charge on any atom is -0.308 e. The van der Waals surface area contributed by atoms with Crippen molar-refractivity contribution in [1.29, 1.82) is 0 Å². The van der Waals surface area contributed by atoms with Crippen LogP contribution in [0, 0.1) is 6.92 Å². The van der Waals surface area contributed by atoms with Gasteiger partial charge in [0, 0.05) is 49.0 Å². The predicted octanol–water partition coefficient (Wildman–Crippen LogP) is 2.46. The van der Waals surface area contributed by atoms with Gasteiger partial charge in [0.15, 0.2) is 0 Å². The average Bonchev–Trinajstić information content (AvgIpc) is 2.99. The maximum Gasteiger partial charge on any atom is 0.0710 e. The van der Waals surface area contributed by atoms with Crippen LogP contribution in [0.3, 0.4) is 0 Å². The second-order valence-electron chi connectivity index (χ2n) is 4.92. The number of hydrogen-bond donors (Lipinski definition) is 2. The second-order valence-corrected chi connectivity index (χ2v) is 4.92. The topological polar surface area (TPSA) is 66.5 Å². The molecule has 0 bridgehead atoms. The quantitative estimate of drug-likeness (QED) is 0.753. The average molecular weight is 279 g/mol. The van der Waals surface area contributed by atoms with Crippen LogP contribution in [0.4, 0.5) is 0 Å². The summed E-state index contributed by atoms with van der Waals surface area (Å²) in [5.74, 6) is 0. The molecule has 0 spiro atoms. The van der Waals surface area contributed by atoms with E-state index < -0.39 is 0 Å². The van der Waals surface area contributed by atoms with Crippen molar-refractivity contribution in [2.75, 3.05) is 0 Å². The third kappa shape index (κ3) is 3.14. The number of nitrogens with zero attached hydrogens (tertiary/aromatic N) is 3. The molecule has 0 aliphatic rings. The molecule has 0 aliphatic heterocycles. The minimum atomic E-state index is 0.752. The van der Waals surface area contributed by atoms with Gasteiger partial charge in [-0.15, -0.1) is 0 Å². The first-order valence-electron chi connectivity index (χ1n) is 6.87. The number of H-pyrrole nitrogens is 1. The fourth-order valence-electron chi connectivity index (χ4n) is 2.24. The van der Waals surface area contributed by atoms with Crippen LogP contribution in [0.5, 0.6) is 0 Å². The van der Waals surface area contributed by atoms with Gasteiger partial charge in [0.1, 0.15) is 0 Å². The number of rotatable bonds is 5. The zero-order chi connectivity index (χ0) is 14.5. The van der Waals surface area contributed by atoms with Crippen LogP contribution >= 0.6 is 0 Å². The lowest BCUT2D eigenvalue weighted by Crippen LogP contribution is -2.13. The van der Waals surface area contributed by atoms with Crippen molar-refractivity contribution in [3.05, 3.63) is 65.9 Å². The van der Waals surface area contributed by atoms with Crippen molar-refractivity contribution < 1.29 is 0 Å². The van der Waals surface area contributed by atoms with Crippen LogP contribution in [0.25, 0.3) is 11.3 Å². The summed E-state index contributed by atoms with van der Waals surface area (Å²) in [7, 11) is 0. The van der Waals surface area contributed by atoms with Crippen LogP contribution in [0.15, 0.2) is 49.2 Å². The van der Waals surface area contributed by atoms with Crippen LogP contribution in [-0.4, -0.2) is 20.2 Å². The summed E-state index contributed by atoms with van der Waals surface area (Å²) in [6, 6.07) is 5.99. The van der Waals surface area contributed by atoms with Crippen molar-refractivity contribution in [3.63, 3.8) is 0 Å². The summed E-state index contributed by atoms with van der Waals surface area (Å²) in [5.41, 5.74) is 5.66.